The quantitative estimate of drug-likeness (QED) is 0.164. The Hall–Kier alpha value is 0.410. The van der Waals surface area contributed by atoms with Gasteiger partial charge in [-0.15, -0.1) is 6.54 Å². The molecule has 2 rings (SSSR count). The van der Waals surface area contributed by atoms with E-state index in [4.69, 9.17) is 4.74 Å². The van der Waals surface area contributed by atoms with Crippen LogP contribution in [0.3, 0.4) is 0 Å². The molecule has 0 bridgehead atoms. The molecule has 9 nitrogen and oxygen atoms in total. The average Bonchev–Trinajstić information content (AvgIpc) is 2.91. The number of allylic oxidation sites excluding steroid dienone is 2. The fraction of sp³-hybridized carbons (Fsp3) is 0.571. The van der Waals surface area contributed by atoms with Crippen LogP contribution in [0.4, 0.5) is 4.79 Å². The van der Waals surface area contributed by atoms with Crippen LogP contribution in [0.5, 0.6) is 0 Å². The molecule has 0 saturated carbocycles. The van der Waals surface area contributed by atoms with Crippen molar-refractivity contribution >= 4 is 23.5 Å². The minimum absolute atomic E-state index is 0. The number of nitrogens with zero attached hydrogens (tertiary/aromatic N) is 2. The standard InChI is InChI=1S/C28H42N4O5.2Rb.H2/c1-21(33)9-4-3-7-16-30-28(36)31-17-8-18-37-20-26(34)32-19-22-12-14-23(15-13-22)27(35)24-10-5-6-11-25(24)29-2;;;/h12-15H,3-11,16-20H2,1-2H3,(H4,29,30,31,32,34,35,36);;;1H/q;2*+1;/p-2. The summed E-state index contributed by atoms with van der Waals surface area (Å²) in [5, 5.41) is 13.8. The van der Waals surface area contributed by atoms with E-state index in [1.807, 2.05) is 19.2 Å². The number of nitrogens with one attached hydrogen (secondary N) is 2. The van der Waals surface area contributed by atoms with Crippen LogP contribution in [0, 0.1) is 0 Å². The van der Waals surface area contributed by atoms with Gasteiger partial charge in [-0.2, -0.15) is 0 Å². The topological polar surface area (TPSA) is 130 Å². The van der Waals surface area contributed by atoms with E-state index >= 15 is 0 Å². The molecular formula is C28H42N4O5Rb2. The summed E-state index contributed by atoms with van der Waals surface area (Å²) in [6.07, 6.45) is 7.51. The van der Waals surface area contributed by atoms with E-state index in [2.05, 4.69) is 21.3 Å². The summed E-state index contributed by atoms with van der Waals surface area (Å²) in [5.74, 6) is -0.111. The minimum Gasteiger partial charge on any atom is -0.648 e. The van der Waals surface area contributed by atoms with E-state index in [1.54, 1.807) is 19.1 Å². The van der Waals surface area contributed by atoms with Crippen LogP contribution in [0.2, 0.25) is 0 Å². The first-order chi connectivity index (χ1) is 17.9. The molecule has 0 spiro atoms. The van der Waals surface area contributed by atoms with Crippen LogP contribution in [-0.4, -0.2) is 56.9 Å². The number of benzene rings is 1. The first-order valence-electron chi connectivity index (χ1n) is 13.2. The maximum Gasteiger partial charge on any atom is 1.00 e. The van der Waals surface area contributed by atoms with Crippen molar-refractivity contribution in [2.24, 2.45) is 0 Å². The summed E-state index contributed by atoms with van der Waals surface area (Å²) in [6, 6.07) is 6.87. The molecule has 2 N–H and O–H groups in total. The van der Waals surface area contributed by atoms with E-state index in [9.17, 15) is 19.2 Å². The summed E-state index contributed by atoms with van der Waals surface area (Å²) in [7, 11) is 1.86. The normalized spacial score (nSPS) is 12.5. The Bertz CT molecular complexity index is 945. The second-order valence-corrected chi connectivity index (χ2v) is 9.18. The molecule has 1 aliphatic rings. The summed E-state index contributed by atoms with van der Waals surface area (Å²) < 4.78 is 5.33. The Kier molecular flexibility index (Phi) is 24.2. The van der Waals surface area contributed by atoms with E-state index in [0.717, 1.165) is 61.8 Å². The summed E-state index contributed by atoms with van der Waals surface area (Å²) in [6.45, 7) is 2.86. The number of urea groups is 1. The monoisotopic (exact) mass is 684 g/mol. The second kappa shape index (κ2) is 23.9. The third kappa shape index (κ3) is 17.2. The van der Waals surface area contributed by atoms with Crippen molar-refractivity contribution in [2.75, 3.05) is 33.4 Å². The number of ketones is 2. The van der Waals surface area contributed by atoms with E-state index in [1.165, 1.54) is 0 Å². The molecule has 206 valence electrons. The third-order valence-corrected chi connectivity index (χ3v) is 6.11. The number of rotatable bonds is 17. The number of hydrogen-bond acceptors (Lipinski definition) is 6. The fourth-order valence-electron chi connectivity index (χ4n) is 4.03. The van der Waals surface area contributed by atoms with Gasteiger partial charge >= 0.3 is 116 Å². The summed E-state index contributed by atoms with van der Waals surface area (Å²) in [5.41, 5.74) is 3.39. The van der Waals surface area contributed by atoms with Gasteiger partial charge in [0.1, 0.15) is 5.78 Å². The number of carbonyl (C=O) groups is 4. The minimum atomic E-state index is -0.358. The van der Waals surface area contributed by atoms with Crippen molar-refractivity contribution in [2.45, 2.75) is 71.3 Å². The fourth-order valence-corrected chi connectivity index (χ4v) is 4.03. The molecular weight excluding hydrogens is 643 g/mol. The van der Waals surface area contributed by atoms with Crippen LogP contribution in [0.15, 0.2) is 35.5 Å². The smallest absolute Gasteiger partial charge is 0.648 e. The largest absolute Gasteiger partial charge is 1.00 e. The first kappa shape index (κ1) is 39.4. The number of Topliss-reactive ketones (excluding diaryl/α,β-unsaturated/α-hetero) is 2. The molecule has 3 amide bonds. The Balaban J connectivity index is 0. The maximum atomic E-state index is 12.8. The molecule has 0 atom stereocenters. The van der Waals surface area contributed by atoms with Gasteiger partial charge in [0, 0.05) is 38.3 Å². The van der Waals surface area contributed by atoms with Gasteiger partial charge in [0.15, 0.2) is 11.8 Å². The molecule has 1 aromatic carbocycles. The molecule has 11 heteroatoms. The Labute approximate surface area is 332 Å². The van der Waals surface area contributed by atoms with E-state index in [-0.39, 0.29) is 154 Å². The number of unbranched alkanes of at least 4 members (excludes halogenated alkanes) is 2. The van der Waals surface area contributed by atoms with Gasteiger partial charge in [0.25, 0.3) is 0 Å². The number of hydrogen-bond donors (Lipinski definition) is 2. The molecule has 0 aromatic heterocycles. The summed E-state index contributed by atoms with van der Waals surface area (Å²) >= 11 is 0. The zero-order valence-corrected chi connectivity index (χ0v) is 34.0. The molecule has 0 fully saturated rings. The average molecular weight is 686 g/mol. The van der Waals surface area contributed by atoms with Gasteiger partial charge in [0.2, 0.25) is 0 Å². The molecule has 0 unspecified atom stereocenters. The van der Waals surface area contributed by atoms with Crippen LogP contribution in [0.25, 0.3) is 10.6 Å². The van der Waals surface area contributed by atoms with Crippen molar-refractivity contribution in [3.05, 3.63) is 57.3 Å². The van der Waals surface area contributed by atoms with Gasteiger partial charge in [-0.05, 0) is 52.0 Å². The van der Waals surface area contributed by atoms with E-state index in [0.29, 0.717) is 38.1 Å². The van der Waals surface area contributed by atoms with Gasteiger partial charge in [-0.3, -0.25) is 9.59 Å². The number of carbonyl (C=O) groups excluding carboxylic acids is 4. The van der Waals surface area contributed by atoms with Crippen molar-refractivity contribution in [1.29, 1.82) is 0 Å². The SMILES string of the molecule is CNC1=C(C(=O)c2ccc(C[N-]C(=O)COCCC[N-]C(=O)NCCCCCC(C)=O)cc2)CCCC1.[HH].[Rb+].[Rb+]. The summed E-state index contributed by atoms with van der Waals surface area (Å²) in [4.78, 5) is 47.3. The molecule has 0 saturated heterocycles. The zero-order chi connectivity index (χ0) is 26.9. The third-order valence-electron chi connectivity index (χ3n) is 6.11. The predicted molar refractivity (Wildman–Crippen MR) is 146 cm³/mol. The zero-order valence-electron chi connectivity index (χ0n) is 24.1. The Morgan fingerprint density at radius 1 is 0.949 bits per heavy atom. The van der Waals surface area contributed by atoms with Crippen molar-refractivity contribution in [3.8, 4) is 0 Å². The maximum absolute atomic E-state index is 12.8. The van der Waals surface area contributed by atoms with Crippen molar-refractivity contribution < 1.29 is 142 Å². The molecule has 39 heavy (non-hydrogen) atoms. The predicted octanol–water partition coefficient (Wildman–Crippen LogP) is -0.789. The molecule has 0 aliphatic heterocycles. The van der Waals surface area contributed by atoms with Gasteiger partial charge in [0.05, 0.1) is 12.5 Å². The number of amides is 3. The number of ether oxygens (including phenoxy) is 1. The van der Waals surface area contributed by atoms with Crippen molar-refractivity contribution in [1.82, 2.24) is 10.6 Å². The van der Waals surface area contributed by atoms with Gasteiger partial charge < -0.3 is 35.6 Å². The molecule has 0 radical (unpaired) electrons. The van der Waals surface area contributed by atoms with Gasteiger partial charge in [-0.1, -0.05) is 49.2 Å². The van der Waals surface area contributed by atoms with Crippen molar-refractivity contribution in [3.63, 3.8) is 0 Å². The molecule has 0 heterocycles. The second-order valence-electron chi connectivity index (χ2n) is 9.18. The van der Waals surface area contributed by atoms with E-state index < -0.39 is 0 Å². The molecule has 1 aliphatic carbocycles. The van der Waals surface area contributed by atoms with Crippen LogP contribution in [-0.2, 0) is 20.9 Å². The van der Waals surface area contributed by atoms with Crippen LogP contribution in [0.1, 0.15) is 82.1 Å². The van der Waals surface area contributed by atoms with Gasteiger partial charge in [-0.25, -0.2) is 0 Å². The first-order valence-corrected chi connectivity index (χ1v) is 13.2. The van der Waals surface area contributed by atoms with Crippen LogP contribution < -0.4 is 127 Å². The Morgan fingerprint density at radius 2 is 1.67 bits per heavy atom. The Morgan fingerprint density at radius 3 is 2.36 bits per heavy atom. The van der Waals surface area contributed by atoms with Crippen LogP contribution >= 0.6 is 0 Å². The molecule has 1 aromatic rings.